The quantitative estimate of drug-likeness (QED) is 0.887. The lowest BCUT2D eigenvalue weighted by Crippen LogP contribution is -2.39. The van der Waals surface area contributed by atoms with Crippen LogP contribution in [0.1, 0.15) is 37.9 Å². The van der Waals surface area contributed by atoms with Crippen molar-refractivity contribution < 1.29 is 0 Å². The fourth-order valence-electron chi connectivity index (χ4n) is 3.09. The Bertz CT molecular complexity index is 584. The van der Waals surface area contributed by atoms with Crippen LogP contribution < -0.4 is 11.1 Å². The highest BCUT2D eigenvalue weighted by Crippen LogP contribution is 2.35. The van der Waals surface area contributed by atoms with Gasteiger partial charge in [-0.05, 0) is 31.7 Å². The Morgan fingerprint density at radius 2 is 2.10 bits per heavy atom. The molecule has 0 atom stereocenters. The number of aryl methyl sites for hydroxylation is 1. The molecule has 108 valence electrons. The number of nitrogens with zero attached hydrogens (tertiary/aromatic N) is 4. The molecule has 3 N–H and O–H groups in total. The van der Waals surface area contributed by atoms with Crippen molar-refractivity contribution in [2.24, 2.45) is 11.1 Å². The van der Waals surface area contributed by atoms with Crippen LogP contribution in [0.4, 0.5) is 5.82 Å². The topological polar surface area (TPSA) is 81.1 Å². The minimum atomic E-state index is 0.210. The SMILES string of the molecule is Cc1nnc2c(NCC3(CN)CCCCC3)nccn12. The van der Waals surface area contributed by atoms with E-state index in [1.54, 1.807) is 6.20 Å². The normalized spacial score (nSPS) is 18.3. The highest BCUT2D eigenvalue weighted by atomic mass is 15.3. The number of nitrogens with one attached hydrogen (secondary N) is 1. The zero-order valence-electron chi connectivity index (χ0n) is 12.0. The fraction of sp³-hybridized carbons (Fsp3) is 0.643. The third-order valence-corrected chi connectivity index (χ3v) is 4.48. The molecule has 0 bridgehead atoms. The van der Waals surface area contributed by atoms with Crippen molar-refractivity contribution in [3.63, 3.8) is 0 Å². The predicted octanol–water partition coefficient (Wildman–Crippen LogP) is 1.75. The number of nitrogens with two attached hydrogens (primary N) is 1. The van der Waals surface area contributed by atoms with E-state index in [1.165, 1.54) is 32.1 Å². The van der Waals surface area contributed by atoms with Gasteiger partial charge in [-0.1, -0.05) is 19.3 Å². The first-order chi connectivity index (χ1) is 9.74. The summed E-state index contributed by atoms with van der Waals surface area (Å²) in [7, 11) is 0. The Kier molecular flexibility index (Phi) is 3.56. The molecule has 2 heterocycles. The lowest BCUT2D eigenvalue weighted by molar-refractivity contribution is 0.215. The Morgan fingerprint density at radius 3 is 2.85 bits per heavy atom. The first-order valence-electron chi connectivity index (χ1n) is 7.34. The van der Waals surface area contributed by atoms with Crippen LogP contribution in [0.25, 0.3) is 5.65 Å². The van der Waals surface area contributed by atoms with Gasteiger partial charge in [-0.3, -0.25) is 4.40 Å². The highest BCUT2D eigenvalue weighted by Gasteiger charge is 2.30. The van der Waals surface area contributed by atoms with Crippen LogP contribution in [0.3, 0.4) is 0 Å². The zero-order valence-corrected chi connectivity index (χ0v) is 12.0. The third kappa shape index (κ3) is 2.35. The highest BCUT2D eigenvalue weighted by molar-refractivity contribution is 5.62. The Labute approximate surface area is 118 Å². The molecule has 1 aliphatic rings. The van der Waals surface area contributed by atoms with E-state index >= 15 is 0 Å². The molecule has 0 spiro atoms. The van der Waals surface area contributed by atoms with Gasteiger partial charge in [0.15, 0.2) is 5.82 Å². The van der Waals surface area contributed by atoms with Crippen LogP contribution in [-0.2, 0) is 0 Å². The van der Waals surface area contributed by atoms with Gasteiger partial charge in [0, 0.05) is 18.9 Å². The van der Waals surface area contributed by atoms with Gasteiger partial charge in [0.1, 0.15) is 5.82 Å². The first kappa shape index (κ1) is 13.3. The molecule has 20 heavy (non-hydrogen) atoms. The summed E-state index contributed by atoms with van der Waals surface area (Å²) < 4.78 is 1.95. The Hall–Kier alpha value is -1.69. The number of aromatic nitrogens is 4. The Morgan fingerprint density at radius 1 is 1.30 bits per heavy atom. The summed E-state index contributed by atoms with van der Waals surface area (Å²) in [5.41, 5.74) is 7.02. The summed E-state index contributed by atoms with van der Waals surface area (Å²) in [6, 6.07) is 0. The molecule has 1 aliphatic carbocycles. The molecule has 0 aliphatic heterocycles. The monoisotopic (exact) mass is 274 g/mol. The van der Waals surface area contributed by atoms with Crippen molar-refractivity contribution in [2.45, 2.75) is 39.0 Å². The van der Waals surface area contributed by atoms with Crippen molar-refractivity contribution >= 4 is 11.5 Å². The minimum absolute atomic E-state index is 0.210. The van der Waals surface area contributed by atoms with Gasteiger partial charge < -0.3 is 11.1 Å². The molecule has 6 heteroatoms. The van der Waals surface area contributed by atoms with E-state index in [0.717, 1.165) is 30.4 Å². The molecular formula is C14H22N6. The van der Waals surface area contributed by atoms with Crippen LogP contribution >= 0.6 is 0 Å². The molecule has 3 rings (SSSR count). The molecule has 0 aromatic carbocycles. The molecule has 0 saturated heterocycles. The predicted molar refractivity (Wildman–Crippen MR) is 78.6 cm³/mol. The van der Waals surface area contributed by atoms with Crippen LogP contribution in [0, 0.1) is 12.3 Å². The number of fused-ring (bicyclic) bond motifs is 1. The van der Waals surface area contributed by atoms with Gasteiger partial charge >= 0.3 is 0 Å². The van der Waals surface area contributed by atoms with Crippen LogP contribution in [0.15, 0.2) is 12.4 Å². The molecule has 6 nitrogen and oxygen atoms in total. The van der Waals surface area contributed by atoms with E-state index in [4.69, 9.17) is 5.73 Å². The van der Waals surface area contributed by atoms with Crippen LogP contribution in [0.5, 0.6) is 0 Å². The maximum Gasteiger partial charge on any atom is 0.203 e. The van der Waals surface area contributed by atoms with Gasteiger partial charge in [0.05, 0.1) is 0 Å². The summed E-state index contributed by atoms with van der Waals surface area (Å²) in [6.45, 7) is 3.53. The van der Waals surface area contributed by atoms with E-state index in [-0.39, 0.29) is 5.41 Å². The average Bonchev–Trinajstić information content (AvgIpc) is 2.88. The minimum Gasteiger partial charge on any atom is -0.366 e. The lowest BCUT2D eigenvalue weighted by Gasteiger charge is -2.36. The van der Waals surface area contributed by atoms with Gasteiger partial charge in [-0.15, -0.1) is 10.2 Å². The van der Waals surface area contributed by atoms with Crippen molar-refractivity contribution in [2.75, 3.05) is 18.4 Å². The van der Waals surface area contributed by atoms with E-state index in [9.17, 15) is 0 Å². The van der Waals surface area contributed by atoms with Crippen LogP contribution in [-0.4, -0.2) is 32.7 Å². The second-order valence-corrected chi connectivity index (χ2v) is 5.84. The van der Waals surface area contributed by atoms with E-state index in [0.29, 0.717) is 0 Å². The fourth-order valence-corrected chi connectivity index (χ4v) is 3.09. The number of rotatable bonds is 4. The average molecular weight is 274 g/mol. The van der Waals surface area contributed by atoms with Crippen molar-refractivity contribution in [1.29, 1.82) is 0 Å². The second kappa shape index (κ2) is 5.36. The summed E-state index contributed by atoms with van der Waals surface area (Å²) in [6.07, 6.45) is 9.95. The van der Waals surface area contributed by atoms with Crippen molar-refractivity contribution in [3.05, 3.63) is 18.2 Å². The van der Waals surface area contributed by atoms with Crippen LogP contribution in [0.2, 0.25) is 0 Å². The molecule has 1 saturated carbocycles. The van der Waals surface area contributed by atoms with E-state index in [1.807, 2.05) is 17.5 Å². The zero-order chi connectivity index (χ0) is 14.0. The standard InChI is InChI=1S/C14H22N6/c1-11-18-19-13-12(16-7-8-20(11)13)17-10-14(9-15)5-3-2-4-6-14/h7-8H,2-6,9-10,15H2,1H3,(H,16,17). The van der Waals surface area contributed by atoms with Crippen molar-refractivity contribution in [1.82, 2.24) is 19.6 Å². The maximum absolute atomic E-state index is 6.03. The van der Waals surface area contributed by atoms with Gasteiger partial charge in [0.2, 0.25) is 5.65 Å². The molecule has 2 aromatic heterocycles. The lowest BCUT2D eigenvalue weighted by atomic mass is 9.74. The smallest absolute Gasteiger partial charge is 0.203 e. The van der Waals surface area contributed by atoms with Gasteiger partial charge in [-0.2, -0.15) is 0 Å². The third-order valence-electron chi connectivity index (χ3n) is 4.48. The molecule has 1 fully saturated rings. The first-order valence-corrected chi connectivity index (χ1v) is 7.34. The number of hydrogen-bond donors (Lipinski definition) is 2. The number of hydrogen-bond acceptors (Lipinski definition) is 5. The summed E-state index contributed by atoms with van der Waals surface area (Å²) >= 11 is 0. The number of anilines is 1. The second-order valence-electron chi connectivity index (χ2n) is 5.84. The maximum atomic E-state index is 6.03. The molecule has 0 radical (unpaired) electrons. The molecular weight excluding hydrogens is 252 g/mol. The molecule has 0 amide bonds. The van der Waals surface area contributed by atoms with E-state index < -0.39 is 0 Å². The molecule has 0 unspecified atom stereocenters. The molecule has 2 aromatic rings. The largest absolute Gasteiger partial charge is 0.366 e. The van der Waals surface area contributed by atoms with E-state index in [2.05, 4.69) is 20.5 Å². The Balaban J connectivity index is 1.79. The van der Waals surface area contributed by atoms with Gasteiger partial charge in [0.25, 0.3) is 0 Å². The van der Waals surface area contributed by atoms with Gasteiger partial charge in [-0.25, -0.2) is 4.98 Å². The summed E-state index contributed by atoms with van der Waals surface area (Å²) in [5, 5.41) is 11.7. The summed E-state index contributed by atoms with van der Waals surface area (Å²) in [5.74, 6) is 1.67. The summed E-state index contributed by atoms with van der Waals surface area (Å²) in [4.78, 5) is 4.39. The van der Waals surface area contributed by atoms with Crippen molar-refractivity contribution in [3.8, 4) is 0 Å².